The van der Waals surface area contributed by atoms with E-state index in [4.69, 9.17) is 9.47 Å². The van der Waals surface area contributed by atoms with E-state index in [1.54, 1.807) is 0 Å². The molecule has 0 spiro atoms. The SMILES string of the molecule is C/C1=C\CCC2=C[C@@H](OC2=O)[C@H](C(C)C)CC[C@@]2(C)O[C@@H]2CC1. The maximum absolute atomic E-state index is 12.1. The van der Waals surface area contributed by atoms with Crippen LogP contribution in [0.25, 0.3) is 0 Å². The Morgan fingerprint density at radius 2 is 2.04 bits per heavy atom. The fourth-order valence-corrected chi connectivity index (χ4v) is 4.04. The van der Waals surface area contributed by atoms with Gasteiger partial charge in [0.1, 0.15) is 6.10 Å². The molecule has 1 fully saturated rings. The van der Waals surface area contributed by atoms with Crippen molar-refractivity contribution in [3.63, 3.8) is 0 Å². The van der Waals surface area contributed by atoms with Gasteiger partial charge in [-0.1, -0.05) is 25.5 Å². The number of ether oxygens (including phenoxy) is 2. The minimum Gasteiger partial charge on any atom is -0.454 e. The zero-order valence-corrected chi connectivity index (χ0v) is 14.9. The first-order valence-electron chi connectivity index (χ1n) is 9.14. The lowest BCUT2D eigenvalue weighted by atomic mass is 9.82. The Kier molecular flexibility index (Phi) is 4.68. The summed E-state index contributed by atoms with van der Waals surface area (Å²) < 4.78 is 11.7. The molecule has 1 saturated heterocycles. The highest BCUT2D eigenvalue weighted by molar-refractivity contribution is 5.90. The lowest BCUT2D eigenvalue weighted by Crippen LogP contribution is -2.27. The molecule has 0 aromatic carbocycles. The van der Waals surface area contributed by atoms with Crippen molar-refractivity contribution in [2.24, 2.45) is 11.8 Å². The van der Waals surface area contributed by atoms with Crippen LogP contribution in [-0.2, 0) is 14.3 Å². The molecule has 1 aliphatic carbocycles. The van der Waals surface area contributed by atoms with Crippen LogP contribution >= 0.6 is 0 Å². The lowest BCUT2D eigenvalue weighted by Gasteiger charge is -2.26. The summed E-state index contributed by atoms with van der Waals surface area (Å²) in [5.74, 6) is 0.783. The minimum atomic E-state index is -0.103. The molecule has 0 aromatic rings. The van der Waals surface area contributed by atoms with Crippen molar-refractivity contribution in [2.45, 2.75) is 84.0 Å². The fraction of sp³-hybridized carbons (Fsp3) is 0.750. The van der Waals surface area contributed by atoms with Crippen LogP contribution in [-0.4, -0.2) is 23.8 Å². The van der Waals surface area contributed by atoms with Crippen LogP contribution in [0.2, 0.25) is 0 Å². The molecular weight excluding hydrogens is 288 g/mol. The van der Waals surface area contributed by atoms with Gasteiger partial charge in [-0.05, 0) is 64.4 Å². The van der Waals surface area contributed by atoms with Gasteiger partial charge in [0.05, 0.1) is 11.7 Å². The van der Waals surface area contributed by atoms with E-state index >= 15 is 0 Å². The van der Waals surface area contributed by atoms with E-state index in [1.807, 2.05) is 0 Å². The van der Waals surface area contributed by atoms with Gasteiger partial charge >= 0.3 is 5.97 Å². The zero-order chi connectivity index (χ0) is 16.6. The molecule has 3 nitrogen and oxygen atoms in total. The lowest BCUT2D eigenvalue weighted by molar-refractivity contribution is -0.142. The highest BCUT2D eigenvalue weighted by Crippen LogP contribution is 2.45. The topological polar surface area (TPSA) is 38.8 Å². The van der Waals surface area contributed by atoms with E-state index in [2.05, 4.69) is 39.8 Å². The van der Waals surface area contributed by atoms with Gasteiger partial charge in [-0.15, -0.1) is 0 Å². The summed E-state index contributed by atoms with van der Waals surface area (Å²) in [5.41, 5.74) is 2.31. The molecule has 3 rings (SSSR count). The number of hydrogen-bond acceptors (Lipinski definition) is 3. The van der Waals surface area contributed by atoms with Crippen molar-refractivity contribution in [3.05, 3.63) is 23.3 Å². The Labute approximate surface area is 140 Å². The number of carbonyl (C=O) groups excluding carboxylic acids is 1. The van der Waals surface area contributed by atoms with Gasteiger partial charge in [-0.2, -0.15) is 0 Å². The molecule has 0 N–H and O–H groups in total. The van der Waals surface area contributed by atoms with Crippen LogP contribution in [0.15, 0.2) is 23.3 Å². The molecule has 3 heteroatoms. The molecule has 0 radical (unpaired) electrons. The minimum absolute atomic E-state index is 0.0344. The van der Waals surface area contributed by atoms with E-state index in [9.17, 15) is 4.79 Å². The first kappa shape index (κ1) is 16.8. The Morgan fingerprint density at radius 3 is 2.78 bits per heavy atom. The summed E-state index contributed by atoms with van der Waals surface area (Å²) in [4.78, 5) is 12.1. The quantitative estimate of drug-likeness (QED) is 0.404. The molecule has 128 valence electrons. The predicted molar refractivity (Wildman–Crippen MR) is 91.0 cm³/mol. The van der Waals surface area contributed by atoms with Gasteiger partial charge in [0, 0.05) is 11.5 Å². The average molecular weight is 318 g/mol. The maximum Gasteiger partial charge on any atom is 0.334 e. The zero-order valence-electron chi connectivity index (χ0n) is 14.9. The van der Waals surface area contributed by atoms with Crippen molar-refractivity contribution in [2.75, 3.05) is 0 Å². The molecule has 4 atom stereocenters. The molecular formula is C20H30O3. The van der Waals surface area contributed by atoms with Gasteiger partial charge in [0.25, 0.3) is 0 Å². The molecule has 3 aliphatic rings. The summed E-state index contributed by atoms with van der Waals surface area (Å²) in [7, 11) is 0. The summed E-state index contributed by atoms with van der Waals surface area (Å²) in [6.45, 7) is 8.88. The third-order valence-corrected chi connectivity index (χ3v) is 5.87. The Hall–Kier alpha value is -1.09. The van der Waals surface area contributed by atoms with E-state index in [0.717, 1.165) is 44.1 Å². The molecule has 0 aromatic heterocycles. The summed E-state index contributed by atoms with van der Waals surface area (Å²) in [5, 5.41) is 0. The van der Waals surface area contributed by atoms with Crippen LogP contribution in [0.5, 0.6) is 0 Å². The number of epoxide rings is 1. The summed E-state index contributed by atoms with van der Waals surface area (Å²) >= 11 is 0. The highest BCUT2D eigenvalue weighted by Gasteiger charge is 2.51. The average Bonchev–Trinajstić information content (AvgIpc) is 2.99. The van der Waals surface area contributed by atoms with Gasteiger partial charge in [-0.25, -0.2) is 4.79 Å². The Bertz CT molecular complexity index is 531. The third kappa shape index (κ3) is 3.71. The van der Waals surface area contributed by atoms with Crippen molar-refractivity contribution in [3.8, 4) is 0 Å². The van der Waals surface area contributed by atoms with Crippen LogP contribution in [0.1, 0.15) is 66.2 Å². The second-order valence-electron chi connectivity index (χ2n) is 8.06. The third-order valence-electron chi connectivity index (χ3n) is 5.87. The van der Waals surface area contributed by atoms with Gasteiger partial charge in [-0.3, -0.25) is 0 Å². The molecule has 0 unspecified atom stereocenters. The van der Waals surface area contributed by atoms with Crippen LogP contribution in [0.4, 0.5) is 0 Å². The number of rotatable bonds is 1. The van der Waals surface area contributed by atoms with Crippen LogP contribution in [0.3, 0.4) is 0 Å². The monoisotopic (exact) mass is 318 g/mol. The molecule has 2 bridgehead atoms. The molecule has 0 saturated carbocycles. The van der Waals surface area contributed by atoms with Crippen molar-refractivity contribution in [1.82, 2.24) is 0 Å². The first-order valence-corrected chi connectivity index (χ1v) is 9.14. The van der Waals surface area contributed by atoms with Gasteiger partial charge in [0.2, 0.25) is 0 Å². The van der Waals surface area contributed by atoms with Crippen LogP contribution in [0, 0.1) is 11.8 Å². The summed E-state index contributed by atoms with van der Waals surface area (Å²) in [6.07, 6.45) is 10.8. The van der Waals surface area contributed by atoms with Gasteiger partial charge in [0.15, 0.2) is 0 Å². The maximum atomic E-state index is 12.1. The number of allylic oxidation sites excluding steroid dienone is 2. The van der Waals surface area contributed by atoms with E-state index in [1.165, 1.54) is 5.57 Å². The van der Waals surface area contributed by atoms with Crippen molar-refractivity contribution >= 4 is 5.97 Å². The second-order valence-corrected chi connectivity index (χ2v) is 8.06. The van der Waals surface area contributed by atoms with E-state index in [0.29, 0.717) is 17.9 Å². The predicted octanol–water partition coefficient (Wildman–Crippen LogP) is 4.57. The number of fused-ring (bicyclic) bond motifs is 2. The Morgan fingerprint density at radius 1 is 1.26 bits per heavy atom. The smallest absolute Gasteiger partial charge is 0.334 e. The molecule has 23 heavy (non-hydrogen) atoms. The van der Waals surface area contributed by atoms with Crippen molar-refractivity contribution < 1.29 is 14.3 Å². The van der Waals surface area contributed by atoms with Crippen molar-refractivity contribution in [1.29, 1.82) is 0 Å². The second kappa shape index (κ2) is 6.43. The number of hydrogen-bond donors (Lipinski definition) is 0. The normalized spacial score (nSPS) is 40.6. The molecule has 2 heterocycles. The standard InChI is InChI=1S/C20H30O3/c1-13(2)16-10-11-20(4)18(23-20)9-8-14(3)6-5-7-15-12-17(16)22-19(15)21/h6,12-13,16-18H,5,7-11H2,1-4H3/b14-6+/t16-,17+,18+,20+/m0/s1. The van der Waals surface area contributed by atoms with Crippen LogP contribution < -0.4 is 0 Å². The Balaban J connectivity index is 1.79. The highest BCUT2D eigenvalue weighted by atomic mass is 16.6. The fourth-order valence-electron chi connectivity index (χ4n) is 4.04. The molecule has 0 amide bonds. The van der Waals surface area contributed by atoms with E-state index < -0.39 is 0 Å². The summed E-state index contributed by atoms with van der Waals surface area (Å²) in [6, 6.07) is 0. The first-order chi connectivity index (χ1) is 10.9. The number of esters is 1. The largest absolute Gasteiger partial charge is 0.454 e. The molecule has 2 aliphatic heterocycles. The van der Waals surface area contributed by atoms with Gasteiger partial charge < -0.3 is 9.47 Å². The number of carbonyl (C=O) groups is 1. The van der Waals surface area contributed by atoms with E-state index in [-0.39, 0.29) is 17.7 Å².